The van der Waals surface area contributed by atoms with Crippen LogP contribution < -0.4 is 4.90 Å². The third-order valence-corrected chi connectivity index (χ3v) is 6.36. The molecule has 1 amide bonds. The van der Waals surface area contributed by atoms with Crippen LogP contribution in [-0.2, 0) is 17.3 Å². The van der Waals surface area contributed by atoms with Crippen molar-refractivity contribution in [3.63, 3.8) is 0 Å². The topological polar surface area (TPSA) is 62.7 Å². The summed E-state index contributed by atoms with van der Waals surface area (Å²) in [6.07, 6.45) is -3.52. The Balaban J connectivity index is 1.26. The molecule has 3 aromatic rings. The van der Waals surface area contributed by atoms with Crippen molar-refractivity contribution in [2.24, 2.45) is 0 Å². The molecule has 180 valence electrons. The molecule has 2 aliphatic heterocycles. The molecule has 0 bridgehead atoms. The average Bonchev–Trinajstić information content (AvgIpc) is 2.88. The van der Waals surface area contributed by atoms with Gasteiger partial charge in [-0.15, -0.1) is 0 Å². The standard InChI is InChI=1S/C26H22F3N3O3/c27-26(28,29)20-7-9-23(30-16-20)31-10-12-32(13-11-31)24(33)18-6-8-21-19(14-18)15-22(35-25(21)34)17-4-2-1-3-5-17/h1-9,14,16,22H,10-13,15H2. The van der Waals surface area contributed by atoms with Gasteiger partial charge in [0.1, 0.15) is 11.9 Å². The summed E-state index contributed by atoms with van der Waals surface area (Å²) in [7, 11) is 0. The van der Waals surface area contributed by atoms with Gasteiger partial charge in [-0.1, -0.05) is 30.3 Å². The van der Waals surface area contributed by atoms with Gasteiger partial charge >= 0.3 is 12.1 Å². The Morgan fingerprint density at radius 3 is 2.37 bits per heavy atom. The number of rotatable bonds is 3. The number of piperazine rings is 1. The van der Waals surface area contributed by atoms with Crippen molar-refractivity contribution in [3.05, 3.63) is 94.7 Å². The van der Waals surface area contributed by atoms with Gasteiger partial charge in [-0.25, -0.2) is 9.78 Å². The van der Waals surface area contributed by atoms with E-state index in [4.69, 9.17) is 4.74 Å². The van der Waals surface area contributed by atoms with Gasteiger partial charge in [0.05, 0.1) is 11.1 Å². The maximum atomic E-state index is 13.2. The van der Waals surface area contributed by atoms with E-state index in [0.717, 1.165) is 23.4 Å². The summed E-state index contributed by atoms with van der Waals surface area (Å²) in [5.41, 5.74) is 1.84. The molecule has 9 heteroatoms. The number of halogens is 3. The van der Waals surface area contributed by atoms with Crippen molar-refractivity contribution in [3.8, 4) is 0 Å². The molecule has 6 nitrogen and oxygen atoms in total. The predicted molar refractivity (Wildman–Crippen MR) is 122 cm³/mol. The van der Waals surface area contributed by atoms with Crippen molar-refractivity contribution >= 4 is 17.7 Å². The lowest BCUT2D eigenvalue weighted by atomic mass is 9.93. The minimum Gasteiger partial charge on any atom is -0.454 e. The number of nitrogens with zero attached hydrogens (tertiary/aromatic N) is 3. The number of benzene rings is 2. The van der Waals surface area contributed by atoms with Gasteiger partial charge < -0.3 is 14.5 Å². The third kappa shape index (κ3) is 4.71. The Morgan fingerprint density at radius 2 is 1.71 bits per heavy atom. The second-order valence-corrected chi connectivity index (χ2v) is 8.56. The summed E-state index contributed by atoms with van der Waals surface area (Å²) in [4.78, 5) is 33.2. The van der Waals surface area contributed by atoms with Gasteiger partial charge in [0.2, 0.25) is 0 Å². The van der Waals surface area contributed by atoms with Crippen LogP contribution in [0.4, 0.5) is 19.0 Å². The van der Waals surface area contributed by atoms with E-state index in [1.807, 2.05) is 35.2 Å². The molecular formula is C26H22F3N3O3. The van der Waals surface area contributed by atoms with E-state index in [1.54, 1.807) is 23.1 Å². The first-order chi connectivity index (χ1) is 16.8. The second kappa shape index (κ2) is 9.05. The van der Waals surface area contributed by atoms with E-state index >= 15 is 0 Å². The maximum Gasteiger partial charge on any atom is 0.417 e. The summed E-state index contributed by atoms with van der Waals surface area (Å²) in [6.45, 7) is 1.73. The molecule has 5 rings (SSSR count). The van der Waals surface area contributed by atoms with Crippen LogP contribution in [0.3, 0.4) is 0 Å². The van der Waals surface area contributed by atoms with E-state index in [9.17, 15) is 22.8 Å². The van der Waals surface area contributed by atoms with Crippen molar-refractivity contribution in [1.29, 1.82) is 0 Å². The number of pyridine rings is 1. The first-order valence-corrected chi connectivity index (χ1v) is 11.3. The summed E-state index contributed by atoms with van der Waals surface area (Å²) >= 11 is 0. The first kappa shape index (κ1) is 22.9. The van der Waals surface area contributed by atoms with Gasteiger partial charge in [-0.05, 0) is 41.5 Å². The lowest BCUT2D eigenvalue weighted by molar-refractivity contribution is -0.137. The fraction of sp³-hybridized carbons (Fsp3) is 0.269. The number of carbonyl (C=O) groups is 2. The number of anilines is 1. The van der Waals surface area contributed by atoms with Crippen LogP contribution in [0.25, 0.3) is 0 Å². The Morgan fingerprint density at radius 1 is 0.971 bits per heavy atom. The smallest absolute Gasteiger partial charge is 0.417 e. The molecule has 3 heterocycles. The molecule has 0 spiro atoms. The monoisotopic (exact) mass is 481 g/mol. The number of amides is 1. The highest BCUT2D eigenvalue weighted by Gasteiger charge is 2.32. The van der Waals surface area contributed by atoms with E-state index in [-0.39, 0.29) is 5.91 Å². The fourth-order valence-corrected chi connectivity index (χ4v) is 4.44. The highest BCUT2D eigenvalue weighted by Crippen LogP contribution is 2.32. The van der Waals surface area contributed by atoms with Crippen LogP contribution in [0.5, 0.6) is 0 Å². The van der Waals surface area contributed by atoms with Crippen molar-refractivity contribution in [2.75, 3.05) is 31.1 Å². The molecule has 1 saturated heterocycles. The Kier molecular flexibility index (Phi) is 5.92. The summed E-state index contributed by atoms with van der Waals surface area (Å²) in [5, 5.41) is 0. The number of carbonyl (C=O) groups excluding carboxylic acids is 2. The lowest BCUT2D eigenvalue weighted by Crippen LogP contribution is -2.49. The zero-order valence-corrected chi connectivity index (χ0v) is 18.7. The summed E-state index contributed by atoms with van der Waals surface area (Å²) in [6, 6.07) is 16.9. The van der Waals surface area contributed by atoms with E-state index in [1.165, 1.54) is 6.07 Å². The van der Waals surface area contributed by atoms with Gasteiger partial charge in [0.15, 0.2) is 0 Å². The zero-order chi connectivity index (χ0) is 24.6. The Bertz CT molecular complexity index is 1240. The van der Waals surface area contributed by atoms with E-state index in [2.05, 4.69) is 4.98 Å². The maximum absolute atomic E-state index is 13.2. The van der Waals surface area contributed by atoms with Gasteiger partial charge in [0, 0.05) is 44.4 Å². The number of alkyl halides is 3. The number of hydrogen-bond acceptors (Lipinski definition) is 5. The molecule has 0 saturated carbocycles. The second-order valence-electron chi connectivity index (χ2n) is 8.56. The van der Waals surface area contributed by atoms with Crippen LogP contribution >= 0.6 is 0 Å². The number of esters is 1. The summed E-state index contributed by atoms with van der Waals surface area (Å²) < 4.78 is 43.9. The highest BCUT2D eigenvalue weighted by atomic mass is 19.4. The van der Waals surface area contributed by atoms with Gasteiger partial charge in [0.25, 0.3) is 5.91 Å². The predicted octanol–water partition coefficient (Wildman–Crippen LogP) is 4.52. The molecule has 0 aliphatic carbocycles. The molecule has 1 aromatic heterocycles. The Labute approximate surface area is 199 Å². The minimum absolute atomic E-state index is 0.150. The SMILES string of the molecule is O=C1OC(c2ccccc2)Cc2cc(C(=O)N3CCN(c4ccc(C(F)(F)F)cn4)CC3)ccc21. The van der Waals surface area contributed by atoms with Crippen LogP contribution in [0.1, 0.15) is 43.5 Å². The van der Waals surface area contributed by atoms with Gasteiger partial charge in [-0.3, -0.25) is 4.79 Å². The van der Waals surface area contributed by atoms with Crippen LogP contribution in [0.15, 0.2) is 66.9 Å². The average molecular weight is 481 g/mol. The number of ether oxygens (including phenoxy) is 1. The van der Waals surface area contributed by atoms with Crippen LogP contribution in [-0.4, -0.2) is 47.9 Å². The van der Waals surface area contributed by atoms with Crippen molar-refractivity contribution < 1.29 is 27.5 Å². The van der Waals surface area contributed by atoms with Crippen molar-refractivity contribution in [2.45, 2.75) is 18.7 Å². The molecule has 1 unspecified atom stereocenters. The van der Waals surface area contributed by atoms with Crippen LogP contribution in [0.2, 0.25) is 0 Å². The number of cyclic esters (lactones) is 1. The Hall–Kier alpha value is -3.88. The zero-order valence-electron chi connectivity index (χ0n) is 18.7. The normalized spacial score (nSPS) is 18.1. The van der Waals surface area contributed by atoms with E-state index in [0.29, 0.717) is 49.5 Å². The molecule has 1 fully saturated rings. The molecule has 2 aromatic carbocycles. The highest BCUT2D eigenvalue weighted by molar-refractivity contribution is 5.98. The number of fused-ring (bicyclic) bond motifs is 1. The largest absolute Gasteiger partial charge is 0.454 e. The van der Waals surface area contributed by atoms with E-state index < -0.39 is 23.8 Å². The number of aromatic nitrogens is 1. The van der Waals surface area contributed by atoms with Gasteiger partial charge in [-0.2, -0.15) is 13.2 Å². The van der Waals surface area contributed by atoms with Crippen molar-refractivity contribution in [1.82, 2.24) is 9.88 Å². The molecule has 1 atom stereocenters. The molecule has 0 N–H and O–H groups in total. The fourth-order valence-electron chi connectivity index (χ4n) is 4.44. The summed E-state index contributed by atoms with van der Waals surface area (Å²) in [5.74, 6) is -0.107. The van der Waals surface area contributed by atoms with Crippen LogP contribution in [0, 0.1) is 0 Å². The lowest BCUT2D eigenvalue weighted by Gasteiger charge is -2.35. The molecule has 35 heavy (non-hydrogen) atoms. The third-order valence-electron chi connectivity index (χ3n) is 6.36. The molecule has 0 radical (unpaired) electrons. The first-order valence-electron chi connectivity index (χ1n) is 11.3. The quantitative estimate of drug-likeness (QED) is 0.515. The number of hydrogen-bond donors (Lipinski definition) is 0. The minimum atomic E-state index is -4.43. The molecule has 2 aliphatic rings. The molecular weight excluding hydrogens is 459 g/mol.